The highest BCUT2D eigenvalue weighted by molar-refractivity contribution is 6.36. The summed E-state index contributed by atoms with van der Waals surface area (Å²) in [7, 11) is 0. The molecule has 0 spiro atoms. The van der Waals surface area contributed by atoms with Crippen molar-refractivity contribution in [1.29, 1.82) is 0 Å². The fraction of sp³-hybridized carbons (Fsp3) is 0.381. The minimum atomic E-state index is -0.178. The van der Waals surface area contributed by atoms with Crippen LogP contribution in [-0.4, -0.2) is 58.6 Å². The number of nitrogens with one attached hydrogen (secondary N) is 1. The van der Waals surface area contributed by atoms with Gasteiger partial charge < -0.3 is 14.8 Å². The minimum absolute atomic E-state index is 0.0510. The fourth-order valence-electron chi connectivity index (χ4n) is 3.79. The second-order valence-corrected chi connectivity index (χ2v) is 7.94. The lowest BCUT2D eigenvalue weighted by molar-refractivity contribution is 0.0532. The molecule has 0 radical (unpaired) electrons. The Labute approximate surface area is 179 Å². The summed E-state index contributed by atoms with van der Waals surface area (Å²) >= 11 is 12.0. The molecule has 2 amide bonds. The molecule has 1 aromatic carbocycles. The number of halogens is 2. The Balaban J connectivity index is 1.72. The van der Waals surface area contributed by atoms with Crippen LogP contribution in [-0.2, 0) is 6.42 Å². The zero-order chi connectivity index (χ0) is 21.3. The van der Waals surface area contributed by atoms with Gasteiger partial charge in [-0.1, -0.05) is 30.1 Å². The average Bonchev–Trinajstić information content (AvgIpc) is 3.03. The molecule has 0 saturated carbocycles. The van der Waals surface area contributed by atoms with Gasteiger partial charge in [0.2, 0.25) is 0 Å². The predicted molar refractivity (Wildman–Crippen MR) is 113 cm³/mol. The van der Waals surface area contributed by atoms with E-state index in [1.807, 2.05) is 6.92 Å². The molecular weight excluding hydrogens is 413 g/mol. The first-order valence-electron chi connectivity index (χ1n) is 9.50. The predicted octanol–water partition coefficient (Wildman–Crippen LogP) is 3.99. The number of Topliss-reactive ketones (excluding diaryl/α,β-unsaturated/α-hetero) is 1. The SMILES string of the molecule is CCc1c(C(=O)N2CCN(C(=O)c3ccc(Cl)cc3Cl)CC2)[nH]c(C)c1C(C)=O. The van der Waals surface area contributed by atoms with Gasteiger partial charge >= 0.3 is 0 Å². The van der Waals surface area contributed by atoms with Crippen molar-refractivity contribution < 1.29 is 14.4 Å². The minimum Gasteiger partial charge on any atom is -0.354 e. The van der Waals surface area contributed by atoms with Gasteiger partial charge in [0.05, 0.1) is 10.6 Å². The van der Waals surface area contributed by atoms with Crippen LogP contribution in [0.4, 0.5) is 0 Å². The van der Waals surface area contributed by atoms with E-state index in [2.05, 4.69) is 4.98 Å². The fourth-order valence-corrected chi connectivity index (χ4v) is 4.28. The van der Waals surface area contributed by atoms with Crippen molar-refractivity contribution in [2.45, 2.75) is 27.2 Å². The summed E-state index contributed by atoms with van der Waals surface area (Å²) in [6, 6.07) is 4.79. The number of aromatic amines is 1. The van der Waals surface area contributed by atoms with Crippen LogP contribution in [0.15, 0.2) is 18.2 Å². The number of aromatic nitrogens is 1. The van der Waals surface area contributed by atoms with E-state index in [4.69, 9.17) is 23.2 Å². The van der Waals surface area contributed by atoms with Crippen molar-refractivity contribution >= 4 is 40.8 Å². The normalized spacial score (nSPS) is 14.2. The van der Waals surface area contributed by atoms with E-state index in [1.54, 1.807) is 34.9 Å². The summed E-state index contributed by atoms with van der Waals surface area (Å²) in [6.45, 7) is 6.88. The molecule has 6 nitrogen and oxygen atoms in total. The molecule has 2 aromatic rings. The van der Waals surface area contributed by atoms with Crippen LogP contribution in [0.3, 0.4) is 0 Å². The molecule has 1 fully saturated rings. The van der Waals surface area contributed by atoms with Crippen LogP contribution in [0, 0.1) is 6.92 Å². The van der Waals surface area contributed by atoms with Crippen LogP contribution in [0.5, 0.6) is 0 Å². The van der Waals surface area contributed by atoms with Crippen molar-refractivity contribution in [2.24, 2.45) is 0 Å². The van der Waals surface area contributed by atoms with E-state index in [0.717, 1.165) is 5.56 Å². The van der Waals surface area contributed by atoms with Crippen LogP contribution in [0.25, 0.3) is 0 Å². The Hall–Kier alpha value is -2.31. The molecule has 1 aliphatic heterocycles. The molecule has 1 saturated heterocycles. The number of carbonyl (C=O) groups is 3. The number of carbonyl (C=O) groups excluding carboxylic acids is 3. The molecule has 8 heteroatoms. The first-order chi connectivity index (χ1) is 13.7. The Morgan fingerprint density at radius 1 is 1.03 bits per heavy atom. The number of H-pyrrole nitrogens is 1. The van der Waals surface area contributed by atoms with Crippen LogP contribution >= 0.6 is 23.2 Å². The van der Waals surface area contributed by atoms with Crippen molar-refractivity contribution in [2.75, 3.05) is 26.2 Å². The Bertz CT molecular complexity index is 976. The molecule has 0 atom stereocenters. The number of aryl methyl sites for hydroxylation is 1. The highest BCUT2D eigenvalue weighted by Gasteiger charge is 2.29. The summed E-state index contributed by atoms with van der Waals surface area (Å²) in [5.74, 6) is -0.374. The van der Waals surface area contributed by atoms with Gasteiger partial charge in [0.25, 0.3) is 11.8 Å². The van der Waals surface area contributed by atoms with E-state index in [1.165, 1.54) is 6.92 Å². The summed E-state index contributed by atoms with van der Waals surface area (Å²) in [5, 5.41) is 0.784. The number of ketones is 1. The average molecular weight is 436 g/mol. The maximum Gasteiger partial charge on any atom is 0.270 e. The molecule has 2 heterocycles. The maximum absolute atomic E-state index is 13.0. The lowest BCUT2D eigenvalue weighted by Crippen LogP contribution is -2.50. The third-order valence-corrected chi connectivity index (χ3v) is 5.77. The summed E-state index contributed by atoms with van der Waals surface area (Å²) in [5.41, 5.74) is 2.93. The van der Waals surface area contributed by atoms with E-state index in [-0.39, 0.29) is 17.6 Å². The van der Waals surface area contributed by atoms with E-state index in [0.29, 0.717) is 65.2 Å². The number of hydrogen-bond acceptors (Lipinski definition) is 3. The lowest BCUT2D eigenvalue weighted by atomic mass is 10.0. The second kappa shape index (κ2) is 8.59. The van der Waals surface area contributed by atoms with E-state index in [9.17, 15) is 14.4 Å². The van der Waals surface area contributed by atoms with Gasteiger partial charge in [-0.05, 0) is 44.0 Å². The van der Waals surface area contributed by atoms with Gasteiger partial charge in [0.1, 0.15) is 5.69 Å². The first kappa shape index (κ1) is 21.4. The van der Waals surface area contributed by atoms with E-state index >= 15 is 0 Å². The van der Waals surface area contributed by atoms with Crippen molar-refractivity contribution in [3.8, 4) is 0 Å². The topological polar surface area (TPSA) is 73.5 Å². The van der Waals surface area contributed by atoms with Crippen LogP contribution in [0.2, 0.25) is 10.0 Å². The zero-order valence-corrected chi connectivity index (χ0v) is 18.2. The molecule has 0 unspecified atom stereocenters. The maximum atomic E-state index is 13.0. The van der Waals surface area contributed by atoms with Gasteiger partial charge in [-0.3, -0.25) is 14.4 Å². The summed E-state index contributed by atoms with van der Waals surface area (Å²) < 4.78 is 0. The van der Waals surface area contributed by atoms with Crippen LogP contribution in [0.1, 0.15) is 56.3 Å². The van der Waals surface area contributed by atoms with Gasteiger partial charge in [-0.2, -0.15) is 0 Å². The van der Waals surface area contributed by atoms with Crippen molar-refractivity contribution in [3.05, 3.63) is 56.3 Å². The van der Waals surface area contributed by atoms with Crippen molar-refractivity contribution in [1.82, 2.24) is 14.8 Å². The number of amides is 2. The second-order valence-electron chi connectivity index (χ2n) is 7.10. The highest BCUT2D eigenvalue weighted by Crippen LogP contribution is 2.24. The van der Waals surface area contributed by atoms with E-state index < -0.39 is 0 Å². The lowest BCUT2D eigenvalue weighted by Gasteiger charge is -2.35. The Kier molecular flexibility index (Phi) is 6.34. The highest BCUT2D eigenvalue weighted by atomic mass is 35.5. The summed E-state index contributed by atoms with van der Waals surface area (Å²) in [4.78, 5) is 44.2. The molecule has 0 bridgehead atoms. The third kappa shape index (κ3) is 4.19. The largest absolute Gasteiger partial charge is 0.354 e. The molecule has 29 heavy (non-hydrogen) atoms. The number of hydrogen-bond donors (Lipinski definition) is 1. The number of piperazine rings is 1. The standard InChI is InChI=1S/C21H23Cl2N3O3/c1-4-15-18(13(3)27)12(2)24-19(15)21(29)26-9-7-25(8-10-26)20(28)16-6-5-14(22)11-17(16)23/h5-6,11,24H,4,7-10H2,1-3H3. The van der Waals surface area contributed by atoms with Gasteiger partial charge in [-0.25, -0.2) is 0 Å². The molecule has 1 aliphatic rings. The first-order valence-corrected chi connectivity index (χ1v) is 10.3. The van der Waals surface area contributed by atoms with Gasteiger partial charge in [-0.15, -0.1) is 0 Å². The van der Waals surface area contributed by atoms with Crippen LogP contribution < -0.4 is 0 Å². The smallest absolute Gasteiger partial charge is 0.270 e. The summed E-state index contributed by atoms with van der Waals surface area (Å²) in [6.07, 6.45) is 0.591. The number of benzene rings is 1. The number of rotatable bonds is 4. The molecular formula is C21H23Cl2N3O3. The Morgan fingerprint density at radius 3 is 2.14 bits per heavy atom. The molecule has 3 rings (SSSR count). The quantitative estimate of drug-likeness (QED) is 0.737. The zero-order valence-electron chi connectivity index (χ0n) is 16.6. The molecule has 1 N–H and O–H groups in total. The third-order valence-electron chi connectivity index (χ3n) is 5.23. The van der Waals surface area contributed by atoms with Crippen molar-refractivity contribution in [3.63, 3.8) is 0 Å². The molecule has 1 aromatic heterocycles. The number of nitrogens with zero attached hydrogens (tertiary/aromatic N) is 2. The molecule has 154 valence electrons. The monoisotopic (exact) mass is 435 g/mol. The van der Waals surface area contributed by atoms with Gasteiger partial charge in [0, 0.05) is 42.5 Å². The van der Waals surface area contributed by atoms with Gasteiger partial charge in [0.15, 0.2) is 5.78 Å². The Morgan fingerprint density at radius 2 is 1.62 bits per heavy atom. The molecule has 0 aliphatic carbocycles.